The van der Waals surface area contributed by atoms with Crippen LogP contribution in [0.1, 0.15) is 37.5 Å². The van der Waals surface area contributed by atoms with E-state index in [9.17, 15) is 8.42 Å². The van der Waals surface area contributed by atoms with Crippen molar-refractivity contribution in [2.75, 3.05) is 20.3 Å². The van der Waals surface area contributed by atoms with E-state index in [1.54, 1.807) is 33.1 Å². The number of aryl methyl sites for hydroxylation is 2. The highest BCUT2D eigenvalue weighted by Gasteiger charge is 2.20. The lowest BCUT2D eigenvalue weighted by Gasteiger charge is -2.19. The van der Waals surface area contributed by atoms with Gasteiger partial charge in [0.05, 0.1) is 12.0 Å². The number of hydrogen-bond donors (Lipinski definition) is 1. The number of benzene rings is 2. The maximum absolute atomic E-state index is 12.6. The Morgan fingerprint density at radius 2 is 1.52 bits per heavy atom. The molecule has 0 aromatic heterocycles. The Morgan fingerprint density at radius 3 is 2.00 bits per heavy atom. The summed E-state index contributed by atoms with van der Waals surface area (Å²) in [6.45, 7) is 10.4. The van der Waals surface area contributed by atoms with Gasteiger partial charge < -0.3 is 9.47 Å². The molecule has 2 aromatic carbocycles. The quantitative estimate of drug-likeness (QED) is 0.726. The van der Waals surface area contributed by atoms with Crippen molar-refractivity contribution in [3.05, 3.63) is 53.1 Å². The van der Waals surface area contributed by atoms with E-state index in [1.165, 1.54) is 5.56 Å². The third kappa shape index (κ3) is 5.47. The highest BCUT2D eigenvalue weighted by Crippen LogP contribution is 2.26. The third-order valence-corrected chi connectivity index (χ3v) is 6.09. The lowest BCUT2D eigenvalue weighted by Crippen LogP contribution is -2.29. The Kier molecular flexibility index (Phi) is 6.54. The van der Waals surface area contributed by atoms with Gasteiger partial charge in [-0.3, -0.25) is 0 Å². The molecule has 5 nitrogen and oxygen atoms in total. The Morgan fingerprint density at radius 1 is 0.963 bits per heavy atom. The predicted molar refractivity (Wildman–Crippen MR) is 108 cm³/mol. The van der Waals surface area contributed by atoms with E-state index < -0.39 is 10.0 Å². The van der Waals surface area contributed by atoms with Gasteiger partial charge in [0.15, 0.2) is 0 Å². The van der Waals surface area contributed by atoms with Gasteiger partial charge in [0.1, 0.15) is 18.1 Å². The van der Waals surface area contributed by atoms with Crippen molar-refractivity contribution in [1.82, 2.24) is 4.72 Å². The second-order valence-corrected chi connectivity index (χ2v) is 9.31. The number of methoxy groups -OCH3 is 1. The van der Waals surface area contributed by atoms with E-state index in [0.717, 1.165) is 5.75 Å². The molecular weight excluding hydrogens is 362 g/mol. The number of sulfonamides is 1. The standard InChI is InChI=1S/C21H29NO4S/c1-15-13-19(25-6)14-16(2)20(15)27(23,24)22-11-12-26-18-9-7-17(8-10-18)21(3,4)5/h7-10,13-14,22H,11-12H2,1-6H3. The summed E-state index contributed by atoms with van der Waals surface area (Å²) in [7, 11) is -2.05. The molecular formula is C21H29NO4S. The molecule has 2 rings (SSSR count). The summed E-state index contributed by atoms with van der Waals surface area (Å²) >= 11 is 0. The molecule has 0 radical (unpaired) electrons. The van der Waals surface area contributed by atoms with Crippen molar-refractivity contribution in [1.29, 1.82) is 0 Å². The molecule has 6 heteroatoms. The van der Waals surface area contributed by atoms with Crippen LogP contribution >= 0.6 is 0 Å². The maximum atomic E-state index is 12.6. The van der Waals surface area contributed by atoms with Gasteiger partial charge in [-0.2, -0.15) is 0 Å². The first-order valence-electron chi connectivity index (χ1n) is 8.93. The highest BCUT2D eigenvalue weighted by molar-refractivity contribution is 7.89. The highest BCUT2D eigenvalue weighted by atomic mass is 32.2. The van der Waals surface area contributed by atoms with E-state index in [0.29, 0.717) is 16.9 Å². The SMILES string of the molecule is COc1cc(C)c(S(=O)(=O)NCCOc2ccc(C(C)(C)C)cc2)c(C)c1. The molecule has 148 valence electrons. The normalized spacial score (nSPS) is 12.1. The van der Waals surface area contributed by atoms with Crippen LogP contribution in [-0.2, 0) is 15.4 Å². The van der Waals surface area contributed by atoms with Crippen molar-refractivity contribution >= 4 is 10.0 Å². The maximum Gasteiger partial charge on any atom is 0.241 e. The first-order valence-corrected chi connectivity index (χ1v) is 10.4. The minimum Gasteiger partial charge on any atom is -0.497 e. The smallest absolute Gasteiger partial charge is 0.241 e. The molecule has 0 aliphatic carbocycles. The fraction of sp³-hybridized carbons (Fsp3) is 0.429. The van der Waals surface area contributed by atoms with E-state index in [2.05, 4.69) is 25.5 Å². The third-order valence-electron chi connectivity index (χ3n) is 4.32. The molecule has 0 unspecified atom stereocenters. The van der Waals surface area contributed by atoms with Crippen LogP contribution in [0.25, 0.3) is 0 Å². The molecule has 0 saturated carbocycles. The van der Waals surface area contributed by atoms with Crippen LogP contribution in [0.3, 0.4) is 0 Å². The van der Waals surface area contributed by atoms with Crippen molar-refractivity contribution < 1.29 is 17.9 Å². The summed E-state index contributed by atoms with van der Waals surface area (Å²) in [6, 6.07) is 11.3. The number of ether oxygens (including phenoxy) is 2. The predicted octanol–water partition coefficient (Wildman–Crippen LogP) is 3.97. The molecule has 0 aliphatic heterocycles. The minimum atomic E-state index is -3.61. The van der Waals surface area contributed by atoms with Crippen molar-refractivity contribution in [3.8, 4) is 11.5 Å². The molecule has 2 aromatic rings. The molecule has 0 amide bonds. The van der Waals surface area contributed by atoms with E-state index >= 15 is 0 Å². The van der Waals surface area contributed by atoms with Gasteiger partial charge in [0, 0.05) is 6.54 Å². The van der Waals surface area contributed by atoms with Gasteiger partial charge >= 0.3 is 0 Å². The molecule has 0 spiro atoms. The number of nitrogens with one attached hydrogen (secondary N) is 1. The summed E-state index contributed by atoms with van der Waals surface area (Å²) < 4.78 is 38.7. The largest absolute Gasteiger partial charge is 0.497 e. The van der Waals surface area contributed by atoms with Gasteiger partial charge in [-0.05, 0) is 60.2 Å². The molecule has 27 heavy (non-hydrogen) atoms. The van der Waals surface area contributed by atoms with Crippen molar-refractivity contribution in [2.24, 2.45) is 0 Å². The summed E-state index contributed by atoms with van der Waals surface area (Å²) in [5.41, 5.74) is 2.61. The molecule has 0 aliphatic rings. The Balaban J connectivity index is 1.97. The van der Waals surface area contributed by atoms with E-state index in [4.69, 9.17) is 9.47 Å². The Bertz CT molecular complexity index is 858. The van der Waals surface area contributed by atoms with Crippen LogP contribution in [0.2, 0.25) is 0 Å². The van der Waals surface area contributed by atoms with Crippen LogP contribution in [0.4, 0.5) is 0 Å². The fourth-order valence-electron chi connectivity index (χ4n) is 2.92. The Labute approximate surface area is 162 Å². The van der Waals surface area contributed by atoms with Crippen LogP contribution < -0.4 is 14.2 Å². The minimum absolute atomic E-state index is 0.0856. The zero-order valence-electron chi connectivity index (χ0n) is 16.9. The summed E-state index contributed by atoms with van der Waals surface area (Å²) in [6.07, 6.45) is 0. The van der Waals surface area contributed by atoms with Crippen molar-refractivity contribution in [3.63, 3.8) is 0 Å². The van der Waals surface area contributed by atoms with Gasteiger partial charge in [-0.25, -0.2) is 13.1 Å². The van der Waals surface area contributed by atoms with Gasteiger partial charge in [0.25, 0.3) is 0 Å². The lowest BCUT2D eigenvalue weighted by atomic mass is 9.87. The summed E-state index contributed by atoms with van der Waals surface area (Å²) in [5.74, 6) is 1.37. The molecule has 0 bridgehead atoms. The topological polar surface area (TPSA) is 64.6 Å². The zero-order valence-corrected chi connectivity index (χ0v) is 17.7. The molecule has 0 heterocycles. The second kappa shape index (κ2) is 8.31. The molecule has 0 atom stereocenters. The van der Waals surface area contributed by atoms with Crippen LogP contribution in [-0.4, -0.2) is 28.7 Å². The summed E-state index contributed by atoms with van der Waals surface area (Å²) in [5, 5.41) is 0. The van der Waals surface area contributed by atoms with E-state index in [-0.39, 0.29) is 23.5 Å². The first-order chi connectivity index (χ1) is 12.5. The van der Waals surface area contributed by atoms with E-state index in [1.807, 2.05) is 24.3 Å². The van der Waals surface area contributed by atoms with Gasteiger partial charge in [-0.15, -0.1) is 0 Å². The van der Waals surface area contributed by atoms with Crippen LogP contribution in [0.5, 0.6) is 11.5 Å². The number of rotatable bonds is 7. The van der Waals surface area contributed by atoms with Crippen molar-refractivity contribution in [2.45, 2.75) is 44.9 Å². The summed E-state index contributed by atoms with van der Waals surface area (Å²) in [4.78, 5) is 0.290. The van der Waals surface area contributed by atoms with Crippen LogP contribution in [0.15, 0.2) is 41.3 Å². The second-order valence-electron chi connectivity index (χ2n) is 7.61. The average molecular weight is 392 g/mol. The van der Waals surface area contributed by atoms with Gasteiger partial charge in [-0.1, -0.05) is 32.9 Å². The zero-order chi connectivity index (χ0) is 20.2. The monoisotopic (exact) mass is 391 g/mol. The Hall–Kier alpha value is -2.05. The van der Waals surface area contributed by atoms with Crippen LogP contribution in [0, 0.1) is 13.8 Å². The molecule has 0 fully saturated rings. The average Bonchev–Trinajstić information content (AvgIpc) is 2.57. The lowest BCUT2D eigenvalue weighted by molar-refractivity contribution is 0.322. The molecule has 0 saturated heterocycles. The van der Waals surface area contributed by atoms with Gasteiger partial charge in [0.2, 0.25) is 10.0 Å². The fourth-order valence-corrected chi connectivity index (χ4v) is 4.38. The number of hydrogen-bond acceptors (Lipinski definition) is 4. The molecule has 1 N–H and O–H groups in total. The first kappa shape index (κ1) is 21.3.